The first-order chi connectivity index (χ1) is 7.20. The second-order valence-corrected chi connectivity index (χ2v) is 4.14. The molecule has 0 saturated carbocycles. The zero-order valence-corrected chi connectivity index (χ0v) is 9.50. The molecule has 0 radical (unpaired) electrons. The third-order valence-electron chi connectivity index (χ3n) is 1.96. The van der Waals surface area contributed by atoms with Gasteiger partial charge in [0.25, 0.3) is 5.91 Å². The highest BCUT2D eigenvalue weighted by atomic mass is 35.5. The average molecular weight is 227 g/mol. The molecule has 1 rings (SSSR count). The average Bonchev–Trinajstić information content (AvgIpc) is 2.25. The lowest BCUT2D eigenvalue weighted by atomic mass is 10.2. The number of carbonyl (C=O) groups excluding carboxylic acids is 1. The number of carbonyl (C=O) groups is 1. The molecule has 0 aliphatic carbocycles. The van der Waals surface area contributed by atoms with Crippen molar-refractivity contribution in [2.24, 2.45) is 0 Å². The van der Waals surface area contributed by atoms with Gasteiger partial charge >= 0.3 is 0 Å². The Bertz CT molecular complexity index is 301. The normalized spacial score (nSPS) is 12.1. The summed E-state index contributed by atoms with van der Waals surface area (Å²) in [6, 6.07) is 5.27. The van der Waals surface area contributed by atoms with Gasteiger partial charge in [-0.15, -0.1) is 11.6 Å². The number of nitrogens with zero attached hydrogens (tertiary/aromatic N) is 1. The monoisotopic (exact) mass is 226 g/mol. The Labute approximate surface area is 94.9 Å². The molecule has 0 aliphatic heterocycles. The largest absolute Gasteiger partial charge is 0.351 e. The fourth-order valence-corrected chi connectivity index (χ4v) is 1.33. The van der Waals surface area contributed by atoms with Crippen LogP contribution in [0.2, 0.25) is 0 Å². The quantitative estimate of drug-likeness (QED) is 0.618. The van der Waals surface area contributed by atoms with E-state index in [9.17, 15) is 4.79 Å². The highest BCUT2D eigenvalue weighted by molar-refractivity contribution is 6.20. The van der Waals surface area contributed by atoms with Crippen molar-refractivity contribution in [3.8, 4) is 0 Å². The number of amides is 1. The summed E-state index contributed by atoms with van der Waals surface area (Å²) >= 11 is 5.79. The van der Waals surface area contributed by atoms with Crippen LogP contribution in [-0.2, 0) is 0 Å². The van der Waals surface area contributed by atoms with Crippen LogP contribution in [0.5, 0.6) is 0 Å². The van der Waals surface area contributed by atoms with Crippen molar-refractivity contribution in [3.63, 3.8) is 0 Å². The topological polar surface area (TPSA) is 42.0 Å². The molecule has 1 N–H and O–H groups in total. The minimum atomic E-state index is -0.127. The molecule has 1 atom stereocenters. The summed E-state index contributed by atoms with van der Waals surface area (Å²) in [5.74, 6) is -0.127. The van der Waals surface area contributed by atoms with Gasteiger partial charge in [-0.05, 0) is 31.9 Å². The van der Waals surface area contributed by atoms with Gasteiger partial charge in [-0.2, -0.15) is 0 Å². The van der Waals surface area contributed by atoms with Gasteiger partial charge in [0.2, 0.25) is 0 Å². The van der Waals surface area contributed by atoms with Crippen molar-refractivity contribution in [3.05, 3.63) is 30.1 Å². The molecule has 1 unspecified atom stereocenters. The van der Waals surface area contributed by atoms with Crippen LogP contribution < -0.4 is 5.32 Å². The lowest BCUT2D eigenvalue weighted by molar-refractivity contribution is 0.0948. The number of alkyl halides is 1. The van der Waals surface area contributed by atoms with E-state index in [0.29, 0.717) is 12.2 Å². The number of nitrogens with one attached hydrogen (secondary N) is 1. The van der Waals surface area contributed by atoms with Crippen LogP contribution in [0.3, 0.4) is 0 Å². The highest BCUT2D eigenvalue weighted by Gasteiger charge is 2.04. The third-order valence-corrected chi connectivity index (χ3v) is 2.18. The summed E-state index contributed by atoms with van der Waals surface area (Å²) in [7, 11) is 0. The molecule has 0 bridgehead atoms. The first-order valence-electron chi connectivity index (χ1n) is 5.03. The van der Waals surface area contributed by atoms with Crippen LogP contribution in [0.4, 0.5) is 0 Å². The highest BCUT2D eigenvalue weighted by Crippen LogP contribution is 2.02. The van der Waals surface area contributed by atoms with Gasteiger partial charge in [-0.1, -0.05) is 6.07 Å². The second kappa shape index (κ2) is 6.40. The van der Waals surface area contributed by atoms with Crippen LogP contribution >= 0.6 is 11.6 Å². The van der Waals surface area contributed by atoms with Gasteiger partial charge in [-0.3, -0.25) is 9.78 Å². The Morgan fingerprint density at radius 2 is 2.40 bits per heavy atom. The molecular formula is C11H15ClN2O. The summed E-state index contributed by atoms with van der Waals surface area (Å²) in [4.78, 5) is 15.4. The van der Waals surface area contributed by atoms with Gasteiger partial charge in [0.05, 0.1) is 0 Å². The smallest absolute Gasteiger partial charge is 0.269 e. The van der Waals surface area contributed by atoms with Crippen LogP contribution in [0, 0.1) is 0 Å². The molecule has 4 heteroatoms. The van der Waals surface area contributed by atoms with E-state index in [2.05, 4.69) is 10.3 Å². The van der Waals surface area contributed by atoms with Crippen molar-refractivity contribution in [1.82, 2.24) is 10.3 Å². The van der Waals surface area contributed by atoms with Crippen LogP contribution in [0.15, 0.2) is 24.4 Å². The van der Waals surface area contributed by atoms with Crippen LogP contribution in [-0.4, -0.2) is 22.8 Å². The molecule has 1 amide bonds. The standard InChI is InChI=1S/C11H15ClN2O/c1-9(12)5-4-8-14-11(15)10-6-2-3-7-13-10/h2-3,6-7,9H,4-5,8H2,1H3,(H,14,15). The maximum absolute atomic E-state index is 11.5. The van der Waals surface area contributed by atoms with E-state index in [-0.39, 0.29) is 11.3 Å². The molecule has 0 aliphatic rings. The first-order valence-corrected chi connectivity index (χ1v) is 5.47. The number of hydrogen-bond donors (Lipinski definition) is 1. The fraction of sp³-hybridized carbons (Fsp3) is 0.455. The minimum absolute atomic E-state index is 0.127. The Morgan fingerprint density at radius 3 is 3.00 bits per heavy atom. The number of halogens is 1. The summed E-state index contributed by atoms with van der Waals surface area (Å²) in [6.07, 6.45) is 3.41. The van der Waals surface area contributed by atoms with Crippen LogP contribution in [0.1, 0.15) is 30.3 Å². The summed E-state index contributed by atoms with van der Waals surface area (Å²) in [5, 5.41) is 2.96. The van der Waals surface area contributed by atoms with Crippen molar-refractivity contribution >= 4 is 17.5 Å². The third kappa shape index (κ3) is 4.79. The number of pyridine rings is 1. The van der Waals surface area contributed by atoms with E-state index in [1.807, 2.05) is 6.92 Å². The Hall–Kier alpha value is -1.09. The maximum Gasteiger partial charge on any atom is 0.269 e. The summed E-state index contributed by atoms with van der Waals surface area (Å²) in [6.45, 7) is 2.59. The predicted molar refractivity (Wildman–Crippen MR) is 61.1 cm³/mol. The fourth-order valence-electron chi connectivity index (χ4n) is 1.17. The van der Waals surface area contributed by atoms with Crippen molar-refractivity contribution in [2.75, 3.05) is 6.54 Å². The first kappa shape index (κ1) is 12.0. The van der Waals surface area contributed by atoms with E-state index in [0.717, 1.165) is 12.8 Å². The molecule has 1 aromatic rings. The lowest BCUT2D eigenvalue weighted by Gasteiger charge is -2.05. The summed E-state index contributed by atoms with van der Waals surface area (Å²) < 4.78 is 0. The van der Waals surface area contributed by atoms with E-state index in [4.69, 9.17) is 11.6 Å². The van der Waals surface area contributed by atoms with Gasteiger partial charge < -0.3 is 5.32 Å². The van der Waals surface area contributed by atoms with E-state index in [1.54, 1.807) is 24.4 Å². The van der Waals surface area contributed by atoms with Gasteiger partial charge in [0, 0.05) is 18.1 Å². The van der Waals surface area contributed by atoms with Crippen LogP contribution in [0.25, 0.3) is 0 Å². The predicted octanol–water partition coefficient (Wildman–Crippen LogP) is 2.22. The molecule has 1 aromatic heterocycles. The number of rotatable bonds is 5. The SMILES string of the molecule is CC(Cl)CCCNC(=O)c1ccccn1. The molecule has 82 valence electrons. The zero-order valence-electron chi connectivity index (χ0n) is 8.74. The van der Waals surface area contributed by atoms with Gasteiger partial charge in [0.15, 0.2) is 0 Å². The lowest BCUT2D eigenvalue weighted by Crippen LogP contribution is -2.25. The molecular weight excluding hydrogens is 212 g/mol. The Morgan fingerprint density at radius 1 is 1.60 bits per heavy atom. The minimum Gasteiger partial charge on any atom is -0.351 e. The Kier molecular flexibility index (Phi) is 5.12. The van der Waals surface area contributed by atoms with Crippen molar-refractivity contribution in [1.29, 1.82) is 0 Å². The molecule has 3 nitrogen and oxygen atoms in total. The van der Waals surface area contributed by atoms with Crippen molar-refractivity contribution < 1.29 is 4.79 Å². The maximum atomic E-state index is 11.5. The molecule has 1 heterocycles. The van der Waals surface area contributed by atoms with Gasteiger partial charge in [-0.25, -0.2) is 0 Å². The van der Waals surface area contributed by atoms with Gasteiger partial charge in [0.1, 0.15) is 5.69 Å². The van der Waals surface area contributed by atoms with E-state index < -0.39 is 0 Å². The molecule has 0 aromatic carbocycles. The van der Waals surface area contributed by atoms with E-state index in [1.165, 1.54) is 0 Å². The summed E-state index contributed by atoms with van der Waals surface area (Å²) in [5.41, 5.74) is 0.455. The zero-order chi connectivity index (χ0) is 11.1. The van der Waals surface area contributed by atoms with E-state index >= 15 is 0 Å². The Balaban J connectivity index is 2.25. The number of aromatic nitrogens is 1. The number of hydrogen-bond acceptors (Lipinski definition) is 2. The second-order valence-electron chi connectivity index (χ2n) is 3.39. The molecule has 0 saturated heterocycles. The van der Waals surface area contributed by atoms with Crippen molar-refractivity contribution in [2.45, 2.75) is 25.1 Å². The molecule has 0 fully saturated rings. The molecule has 0 spiro atoms. The molecule has 15 heavy (non-hydrogen) atoms.